The quantitative estimate of drug-likeness (QED) is 0.815. The molecule has 2 amide bonds. The Labute approximate surface area is 112 Å². The topological polar surface area (TPSA) is 92.3 Å². The van der Waals surface area contributed by atoms with Gasteiger partial charge in [0.05, 0.1) is 18.7 Å². The molecule has 2 N–H and O–H groups in total. The molecule has 0 aliphatic carbocycles. The predicted octanol–water partition coefficient (Wildman–Crippen LogP) is 0.330. The third kappa shape index (κ3) is 6.01. The van der Waals surface area contributed by atoms with Crippen LogP contribution >= 0.6 is 0 Å². The molecule has 7 heteroatoms. The number of carbonyl (C=O) groups is 2. The Morgan fingerprint density at radius 3 is 2.26 bits per heavy atom. The number of amides is 2. The lowest BCUT2D eigenvalue weighted by molar-refractivity contribution is -0.121. The molecule has 0 fully saturated rings. The van der Waals surface area contributed by atoms with Gasteiger partial charge in [-0.05, 0) is 5.56 Å². The maximum absolute atomic E-state index is 11.6. The summed E-state index contributed by atoms with van der Waals surface area (Å²) in [5.41, 5.74) is 0.737. The van der Waals surface area contributed by atoms with Gasteiger partial charge in [0.1, 0.15) is 0 Å². The van der Waals surface area contributed by atoms with Gasteiger partial charge in [-0.15, -0.1) is 0 Å². The molecule has 1 aromatic carbocycles. The minimum atomic E-state index is -3.59. The first kappa shape index (κ1) is 15.2. The van der Waals surface area contributed by atoms with Crippen LogP contribution in [-0.2, 0) is 19.6 Å². The van der Waals surface area contributed by atoms with Crippen LogP contribution in [0.25, 0.3) is 0 Å². The van der Waals surface area contributed by atoms with Gasteiger partial charge in [0.25, 0.3) is 0 Å². The Kier molecular flexibility index (Phi) is 5.05. The molecular weight excluding hydrogens is 268 g/mol. The smallest absolute Gasteiger partial charge is 0.235 e. The van der Waals surface area contributed by atoms with E-state index in [1.807, 2.05) is 10.8 Å². The van der Waals surface area contributed by atoms with Crippen molar-refractivity contribution >= 4 is 21.8 Å². The maximum atomic E-state index is 11.6. The summed E-state index contributed by atoms with van der Waals surface area (Å²) in [5.74, 6) is -0.953. The molecule has 0 saturated heterocycles. The Morgan fingerprint density at radius 1 is 1.21 bits per heavy atom. The van der Waals surface area contributed by atoms with Crippen molar-refractivity contribution in [1.82, 2.24) is 10.0 Å². The summed E-state index contributed by atoms with van der Waals surface area (Å²) in [5, 5.41) is 2.62. The molecule has 0 unspecified atom stereocenters. The average Bonchev–Trinajstić information content (AvgIpc) is 2.26. The average molecular weight is 284 g/mol. The van der Waals surface area contributed by atoms with Gasteiger partial charge < -0.3 is 5.32 Å². The van der Waals surface area contributed by atoms with Crippen LogP contribution in [0.2, 0.25) is 0 Å². The van der Waals surface area contributed by atoms with Gasteiger partial charge in [0.2, 0.25) is 21.8 Å². The van der Waals surface area contributed by atoms with Gasteiger partial charge >= 0.3 is 0 Å². The number of sulfonamides is 1. The van der Waals surface area contributed by atoms with Crippen molar-refractivity contribution in [3.05, 3.63) is 35.9 Å². The van der Waals surface area contributed by atoms with Crippen molar-refractivity contribution in [2.45, 2.75) is 19.4 Å². The molecule has 1 aromatic rings. The van der Waals surface area contributed by atoms with Gasteiger partial charge in [-0.25, -0.2) is 8.42 Å². The lowest BCUT2D eigenvalue weighted by Gasteiger charge is -2.17. The minimum Gasteiger partial charge on any atom is -0.349 e. The van der Waals surface area contributed by atoms with E-state index in [-0.39, 0.29) is 12.3 Å². The zero-order chi connectivity index (χ0) is 14.5. The number of rotatable bonds is 5. The molecular formula is C12H16N2O4S. The summed E-state index contributed by atoms with van der Waals surface area (Å²) < 4.78 is 23.8. The van der Waals surface area contributed by atoms with Crippen LogP contribution in [0.4, 0.5) is 0 Å². The highest BCUT2D eigenvalue weighted by Crippen LogP contribution is 2.16. The van der Waals surface area contributed by atoms with Crippen molar-refractivity contribution < 1.29 is 18.0 Å². The highest BCUT2D eigenvalue weighted by molar-refractivity contribution is 7.89. The van der Waals surface area contributed by atoms with E-state index in [9.17, 15) is 18.0 Å². The molecule has 1 rings (SSSR count). The Bertz CT molecular complexity index is 554. The van der Waals surface area contributed by atoms with Crippen LogP contribution in [-0.4, -0.2) is 26.5 Å². The van der Waals surface area contributed by atoms with E-state index in [1.54, 1.807) is 24.3 Å². The van der Waals surface area contributed by atoms with E-state index in [0.717, 1.165) is 11.8 Å². The van der Waals surface area contributed by atoms with Gasteiger partial charge in [-0.2, -0.15) is 0 Å². The van der Waals surface area contributed by atoms with Gasteiger partial charge in [0, 0.05) is 6.92 Å². The highest BCUT2D eigenvalue weighted by atomic mass is 32.2. The standard InChI is InChI=1S/C12H16N2O4S/c1-9(15)13-11(10-6-4-3-5-7-10)8-12(16)14-19(2,17)18/h3-7,11H,8H2,1-2H3,(H,13,15)(H,14,16)/t11-/m0/s1. The normalized spacial score (nSPS) is 12.5. The molecule has 0 bridgehead atoms. The molecule has 6 nitrogen and oxygen atoms in total. The number of carbonyl (C=O) groups excluding carboxylic acids is 2. The summed E-state index contributed by atoms with van der Waals surface area (Å²) in [6, 6.07) is 8.32. The molecule has 0 heterocycles. The Balaban J connectivity index is 2.82. The first-order valence-electron chi connectivity index (χ1n) is 5.60. The fourth-order valence-corrected chi connectivity index (χ4v) is 2.11. The van der Waals surface area contributed by atoms with Crippen molar-refractivity contribution in [1.29, 1.82) is 0 Å². The Morgan fingerprint density at radius 2 is 1.79 bits per heavy atom. The van der Waals surface area contributed by atoms with E-state index in [4.69, 9.17) is 0 Å². The molecule has 19 heavy (non-hydrogen) atoms. The molecule has 0 aliphatic heterocycles. The summed E-state index contributed by atoms with van der Waals surface area (Å²) in [4.78, 5) is 22.7. The zero-order valence-electron chi connectivity index (χ0n) is 10.7. The third-order valence-corrected chi connectivity index (χ3v) is 2.87. The molecule has 0 saturated carbocycles. The zero-order valence-corrected chi connectivity index (χ0v) is 11.5. The van der Waals surface area contributed by atoms with E-state index in [2.05, 4.69) is 5.32 Å². The number of benzene rings is 1. The van der Waals surface area contributed by atoms with Crippen molar-refractivity contribution in [3.63, 3.8) is 0 Å². The van der Waals surface area contributed by atoms with Gasteiger partial charge in [-0.1, -0.05) is 30.3 Å². The number of hydrogen-bond donors (Lipinski definition) is 2. The molecule has 0 spiro atoms. The minimum absolute atomic E-state index is 0.142. The van der Waals surface area contributed by atoms with Crippen LogP contribution < -0.4 is 10.0 Å². The largest absolute Gasteiger partial charge is 0.349 e. The summed E-state index contributed by atoms with van der Waals surface area (Å²) in [7, 11) is -3.59. The fraction of sp³-hybridized carbons (Fsp3) is 0.333. The third-order valence-electron chi connectivity index (χ3n) is 2.27. The molecule has 104 valence electrons. The van der Waals surface area contributed by atoms with Gasteiger partial charge in [0.15, 0.2) is 0 Å². The van der Waals surface area contributed by atoms with Gasteiger partial charge in [-0.3, -0.25) is 14.3 Å². The second-order valence-electron chi connectivity index (χ2n) is 4.17. The summed E-state index contributed by atoms with van der Waals surface area (Å²) in [6.45, 7) is 1.34. The van der Waals surface area contributed by atoms with Crippen LogP contribution in [0.1, 0.15) is 24.9 Å². The van der Waals surface area contributed by atoms with E-state index in [1.165, 1.54) is 6.92 Å². The summed E-state index contributed by atoms with van der Waals surface area (Å²) >= 11 is 0. The van der Waals surface area contributed by atoms with Crippen LogP contribution in [0.15, 0.2) is 30.3 Å². The number of hydrogen-bond acceptors (Lipinski definition) is 4. The van der Waals surface area contributed by atoms with Crippen LogP contribution in [0.3, 0.4) is 0 Å². The molecule has 0 aromatic heterocycles. The second-order valence-corrected chi connectivity index (χ2v) is 5.91. The first-order chi connectivity index (χ1) is 8.78. The van der Waals surface area contributed by atoms with Crippen molar-refractivity contribution in [2.24, 2.45) is 0 Å². The Hall–Kier alpha value is -1.89. The summed E-state index contributed by atoms with van der Waals surface area (Å²) in [6.07, 6.45) is 0.761. The lowest BCUT2D eigenvalue weighted by Crippen LogP contribution is -2.35. The predicted molar refractivity (Wildman–Crippen MR) is 70.6 cm³/mol. The first-order valence-corrected chi connectivity index (χ1v) is 7.50. The molecule has 1 atom stereocenters. The van der Waals surface area contributed by atoms with Crippen LogP contribution in [0.5, 0.6) is 0 Å². The van der Waals surface area contributed by atoms with E-state index >= 15 is 0 Å². The van der Waals surface area contributed by atoms with Crippen molar-refractivity contribution in [2.75, 3.05) is 6.26 Å². The van der Waals surface area contributed by atoms with E-state index in [0.29, 0.717) is 0 Å². The highest BCUT2D eigenvalue weighted by Gasteiger charge is 2.18. The van der Waals surface area contributed by atoms with Crippen molar-refractivity contribution in [3.8, 4) is 0 Å². The number of nitrogens with one attached hydrogen (secondary N) is 2. The SMILES string of the molecule is CC(=O)N[C@@H](CC(=O)NS(C)(=O)=O)c1ccccc1. The maximum Gasteiger partial charge on any atom is 0.235 e. The monoisotopic (exact) mass is 284 g/mol. The molecule has 0 radical (unpaired) electrons. The van der Waals surface area contributed by atoms with E-state index < -0.39 is 22.0 Å². The molecule has 0 aliphatic rings. The van der Waals surface area contributed by atoms with Crippen LogP contribution in [0, 0.1) is 0 Å². The second kappa shape index (κ2) is 6.33. The lowest BCUT2D eigenvalue weighted by atomic mass is 10.0. The fourth-order valence-electron chi connectivity index (χ4n) is 1.62.